The summed E-state index contributed by atoms with van der Waals surface area (Å²) >= 11 is 0. The van der Waals surface area contributed by atoms with Crippen LogP contribution >= 0.6 is 0 Å². The average Bonchev–Trinajstić information content (AvgIpc) is 2.36. The van der Waals surface area contributed by atoms with Gasteiger partial charge in [-0.25, -0.2) is 9.18 Å². The molecule has 1 amide bonds. The van der Waals surface area contributed by atoms with Crippen molar-refractivity contribution >= 4 is 11.9 Å². The lowest BCUT2D eigenvalue weighted by molar-refractivity contribution is -0.139. The minimum atomic E-state index is -1.55. The lowest BCUT2D eigenvalue weighted by Crippen LogP contribution is -2.42. The number of ether oxygens (including phenoxy) is 1. The van der Waals surface area contributed by atoms with Crippen LogP contribution in [0.4, 0.5) is 4.39 Å². The molecule has 0 saturated heterocycles. The largest absolute Gasteiger partial charge is 0.493 e. The van der Waals surface area contributed by atoms with E-state index in [1.54, 1.807) is 25.1 Å². The first-order valence-corrected chi connectivity index (χ1v) is 5.41. The zero-order valence-electron chi connectivity index (χ0n) is 9.85. The summed E-state index contributed by atoms with van der Waals surface area (Å²) in [5.74, 6) is -1.76. The third-order valence-electron chi connectivity index (χ3n) is 2.19. The first kappa shape index (κ1) is 14.0. The number of benzene rings is 1. The number of hydrogen-bond acceptors (Lipinski definition) is 3. The normalized spacial score (nSPS) is 11.7. The number of rotatable bonds is 6. The maximum Gasteiger partial charge on any atom is 0.328 e. The number of carboxylic acids is 1. The molecule has 2 N–H and O–H groups in total. The molecule has 1 aromatic rings. The highest BCUT2D eigenvalue weighted by Gasteiger charge is 2.21. The fraction of sp³-hybridized carbons (Fsp3) is 0.333. The molecule has 0 aliphatic carbocycles. The van der Waals surface area contributed by atoms with Crippen LogP contribution in [0.5, 0.6) is 5.75 Å². The molecule has 1 unspecified atom stereocenters. The SMILES string of the molecule is CCOc1ccccc1C(=O)NC(CF)C(=O)O. The first-order valence-electron chi connectivity index (χ1n) is 5.41. The zero-order chi connectivity index (χ0) is 13.5. The standard InChI is InChI=1S/C12H14FNO4/c1-2-18-10-6-4-3-5-8(10)11(15)14-9(7-13)12(16)17/h3-6,9H,2,7H2,1H3,(H,14,15)(H,16,17). The average molecular weight is 255 g/mol. The number of halogens is 1. The van der Waals surface area contributed by atoms with Gasteiger partial charge in [0.25, 0.3) is 5.91 Å². The summed E-state index contributed by atoms with van der Waals surface area (Å²) in [4.78, 5) is 22.4. The number of nitrogens with one attached hydrogen (secondary N) is 1. The van der Waals surface area contributed by atoms with E-state index >= 15 is 0 Å². The molecular weight excluding hydrogens is 241 g/mol. The monoisotopic (exact) mass is 255 g/mol. The Morgan fingerprint density at radius 2 is 2.11 bits per heavy atom. The minimum absolute atomic E-state index is 0.180. The Hall–Kier alpha value is -2.11. The maximum absolute atomic E-state index is 12.4. The molecule has 0 aliphatic rings. The van der Waals surface area contributed by atoms with Crippen LogP contribution in [0.25, 0.3) is 0 Å². The van der Waals surface area contributed by atoms with E-state index in [9.17, 15) is 14.0 Å². The van der Waals surface area contributed by atoms with Gasteiger partial charge >= 0.3 is 5.97 Å². The van der Waals surface area contributed by atoms with Crippen molar-refractivity contribution in [3.8, 4) is 5.75 Å². The van der Waals surface area contributed by atoms with Gasteiger partial charge in [0, 0.05) is 0 Å². The zero-order valence-corrected chi connectivity index (χ0v) is 9.85. The van der Waals surface area contributed by atoms with Crippen molar-refractivity contribution < 1.29 is 23.8 Å². The van der Waals surface area contributed by atoms with Gasteiger partial charge in [-0.15, -0.1) is 0 Å². The van der Waals surface area contributed by atoms with E-state index in [0.717, 1.165) is 0 Å². The van der Waals surface area contributed by atoms with Crippen LogP contribution in [0.15, 0.2) is 24.3 Å². The summed E-state index contributed by atoms with van der Waals surface area (Å²) < 4.78 is 17.6. The molecule has 0 radical (unpaired) electrons. The number of carbonyl (C=O) groups excluding carboxylic acids is 1. The molecular formula is C12H14FNO4. The molecule has 98 valence electrons. The van der Waals surface area contributed by atoms with Crippen molar-refractivity contribution in [1.29, 1.82) is 0 Å². The van der Waals surface area contributed by atoms with Crippen LogP contribution in [-0.4, -0.2) is 36.3 Å². The minimum Gasteiger partial charge on any atom is -0.493 e. The first-order chi connectivity index (χ1) is 8.60. The van der Waals surface area contributed by atoms with Gasteiger partial charge in [0.05, 0.1) is 12.2 Å². The van der Waals surface area contributed by atoms with Crippen molar-refractivity contribution in [2.45, 2.75) is 13.0 Å². The van der Waals surface area contributed by atoms with Gasteiger partial charge in [0.1, 0.15) is 12.4 Å². The lowest BCUT2D eigenvalue weighted by Gasteiger charge is -2.13. The van der Waals surface area contributed by atoms with Gasteiger partial charge < -0.3 is 15.2 Å². The van der Waals surface area contributed by atoms with Crippen LogP contribution in [0, 0.1) is 0 Å². The molecule has 18 heavy (non-hydrogen) atoms. The van der Waals surface area contributed by atoms with Crippen molar-refractivity contribution in [3.63, 3.8) is 0 Å². The van der Waals surface area contributed by atoms with Gasteiger partial charge in [0.15, 0.2) is 6.04 Å². The van der Waals surface area contributed by atoms with Gasteiger partial charge in [0.2, 0.25) is 0 Å². The predicted octanol–water partition coefficient (Wildman–Crippen LogP) is 1.24. The van der Waals surface area contributed by atoms with E-state index in [4.69, 9.17) is 9.84 Å². The van der Waals surface area contributed by atoms with E-state index < -0.39 is 24.6 Å². The quantitative estimate of drug-likeness (QED) is 0.801. The lowest BCUT2D eigenvalue weighted by atomic mass is 10.1. The van der Waals surface area contributed by atoms with E-state index in [-0.39, 0.29) is 5.56 Å². The molecule has 0 aliphatic heterocycles. The van der Waals surface area contributed by atoms with E-state index in [1.165, 1.54) is 6.07 Å². The van der Waals surface area contributed by atoms with Gasteiger partial charge in [-0.2, -0.15) is 0 Å². The molecule has 0 fully saturated rings. The van der Waals surface area contributed by atoms with Crippen LogP contribution in [0.1, 0.15) is 17.3 Å². The third kappa shape index (κ3) is 3.44. The molecule has 0 bridgehead atoms. The van der Waals surface area contributed by atoms with Crippen molar-refractivity contribution in [3.05, 3.63) is 29.8 Å². The van der Waals surface area contributed by atoms with Gasteiger partial charge in [-0.3, -0.25) is 4.79 Å². The van der Waals surface area contributed by atoms with E-state index in [2.05, 4.69) is 5.32 Å². The number of para-hydroxylation sites is 1. The number of aliphatic carboxylic acids is 1. The molecule has 1 rings (SSSR count). The molecule has 6 heteroatoms. The smallest absolute Gasteiger partial charge is 0.328 e. The topological polar surface area (TPSA) is 75.6 Å². The highest BCUT2D eigenvalue weighted by molar-refractivity contribution is 5.98. The number of carbonyl (C=O) groups is 2. The van der Waals surface area contributed by atoms with Crippen LogP contribution in [-0.2, 0) is 4.79 Å². The predicted molar refractivity (Wildman–Crippen MR) is 62.5 cm³/mol. The summed E-state index contributed by atoms with van der Waals surface area (Å²) in [5, 5.41) is 10.7. The van der Waals surface area contributed by atoms with E-state index in [1.807, 2.05) is 0 Å². The summed E-state index contributed by atoms with van der Waals surface area (Å²) in [7, 11) is 0. The summed E-state index contributed by atoms with van der Waals surface area (Å²) in [5.41, 5.74) is 0.180. The fourth-order valence-electron chi connectivity index (χ4n) is 1.34. The Bertz CT molecular complexity index is 436. The number of carboxylic acid groups (broad SMARTS) is 1. The summed E-state index contributed by atoms with van der Waals surface area (Å²) in [6.07, 6.45) is 0. The fourth-order valence-corrected chi connectivity index (χ4v) is 1.34. The second-order valence-electron chi connectivity index (χ2n) is 3.45. The Kier molecular flexibility index (Phi) is 5.10. The summed E-state index contributed by atoms with van der Waals surface area (Å²) in [6.45, 7) is 0.962. The highest BCUT2D eigenvalue weighted by Crippen LogP contribution is 2.17. The molecule has 0 aromatic heterocycles. The van der Waals surface area contributed by atoms with Crippen LogP contribution in [0.2, 0.25) is 0 Å². The number of amides is 1. The number of alkyl halides is 1. The Morgan fingerprint density at radius 1 is 1.44 bits per heavy atom. The second kappa shape index (κ2) is 6.58. The van der Waals surface area contributed by atoms with Gasteiger partial charge in [-0.1, -0.05) is 12.1 Å². The Balaban J connectivity index is 2.86. The summed E-state index contributed by atoms with van der Waals surface area (Å²) in [6, 6.07) is 4.82. The van der Waals surface area contributed by atoms with Gasteiger partial charge in [-0.05, 0) is 19.1 Å². The molecule has 0 heterocycles. The van der Waals surface area contributed by atoms with E-state index in [0.29, 0.717) is 12.4 Å². The van der Waals surface area contributed by atoms with Crippen molar-refractivity contribution in [2.75, 3.05) is 13.3 Å². The van der Waals surface area contributed by atoms with Crippen LogP contribution < -0.4 is 10.1 Å². The van der Waals surface area contributed by atoms with Crippen LogP contribution in [0.3, 0.4) is 0 Å². The maximum atomic E-state index is 12.4. The second-order valence-corrected chi connectivity index (χ2v) is 3.45. The third-order valence-corrected chi connectivity index (χ3v) is 2.19. The highest BCUT2D eigenvalue weighted by atomic mass is 19.1. The molecule has 1 atom stereocenters. The molecule has 0 saturated carbocycles. The van der Waals surface area contributed by atoms with Crippen molar-refractivity contribution in [1.82, 2.24) is 5.32 Å². The Labute approximate surface area is 104 Å². The molecule has 1 aromatic carbocycles. The molecule has 0 spiro atoms. The van der Waals surface area contributed by atoms with Crippen molar-refractivity contribution in [2.24, 2.45) is 0 Å². The molecule has 5 nitrogen and oxygen atoms in total. The Morgan fingerprint density at radius 3 is 2.67 bits per heavy atom. The number of hydrogen-bond donors (Lipinski definition) is 2.